The van der Waals surface area contributed by atoms with Gasteiger partial charge in [0, 0.05) is 18.3 Å². The zero-order valence-corrected chi connectivity index (χ0v) is 8.49. The molecule has 0 fully saturated rings. The van der Waals surface area contributed by atoms with Crippen molar-refractivity contribution in [2.24, 2.45) is 0 Å². The van der Waals surface area contributed by atoms with Crippen LogP contribution in [-0.4, -0.2) is 24.1 Å². The fourth-order valence-electron chi connectivity index (χ4n) is 1.45. The number of nitrogens with zero attached hydrogens (tertiary/aromatic N) is 1. The highest BCUT2D eigenvalue weighted by atomic mass is 16.5. The number of carbonyl (C=O) groups is 1. The molecule has 0 saturated heterocycles. The first kappa shape index (κ1) is 9.71. The van der Waals surface area contributed by atoms with Gasteiger partial charge in [-0.3, -0.25) is 0 Å². The van der Waals surface area contributed by atoms with Gasteiger partial charge in [-0.1, -0.05) is 0 Å². The third-order valence-electron chi connectivity index (χ3n) is 2.15. The van der Waals surface area contributed by atoms with E-state index in [0.29, 0.717) is 18.7 Å². The van der Waals surface area contributed by atoms with Crippen LogP contribution < -0.4 is 5.32 Å². The van der Waals surface area contributed by atoms with Crippen LogP contribution in [-0.2, 0) is 9.53 Å². The number of esters is 1. The SMILES string of the molecule is CCOC(=O)C1=Cc2cccnc2NC1. The van der Waals surface area contributed by atoms with E-state index in [1.165, 1.54) is 0 Å². The summed E-state index contributed by atoms with van der Waals surface area (Å²) in [4.78, 5) is 15.6. The van der Waals surface area contributed by atoms with Gasteiger partial charge >= 0.3 is 5.97 Å². The fraction of sp³-hybridized carbons (Fsp3) is 0.273. The van der Waals surface area contributed by atoms with Crippen molar-refractivity contribution in [2.75, 3.05) is 18.5 Å². The number of ether oxygens (including phenoxy) is 1. The summed E-state index contributed by atoms with van der Waals surface area (Å²) in [6.07, 6.45) is 3.53. The highest BCUT2D eigenvalue weighted by Crippen LogP contribution is 2.20. The van der Waals surface area contributed by atoms with Gasteiger partial charge in [-0.2, -0.15) is 0 Å². The average Bonchev–Trinajstić information content (AvgIpc) is 2.29. The van der Waals surface area contributed by atoms with Crippen molar-refractivity contribution in [3.05, 3.63) is 29.5 Å². The Morgan fingerprint density at radius 3 is 3.33 bits per heavy atom. The van der Waals surface area contributed by atoms with Crippen LogP contribution in [0.4, 0.5) is 5.82 Å². The van der Waals surface area contributed by atoms with Crippen molar-refractivity contribution in [3.8, 4) is 0 Å². The zero-order chi connectivity index (χ0) is 10.7. The lowest BCUT2D eigenvalue weighted by molar-refractivity contribution is -0.138. The average molecular weight is 204 g/mol. The van der Waals surface area contributed by atoms with Gasteiger partial charge in [-0.25, -0.2) is 9.78 Å². The molecule has 0 bridgehead atoms. The van der Waals surface area contributed by atoms with Crippen molar-refractivity contribution in [1.29, 1.82) is 0 Å². The molecule has 4 heteroatoms. The minimum absolute atomic E-state index is 0.264. The summed E-state index contributed by atoms with van der Waals surface area (Å²) < 4.78 is 4.93. The molecule has 0 amide bonds. The molecule has 2 heterocycles. The van der Waals surface area contributed by atoms with Gasteiger partial charge < -0.3 is 10.1 Å². The molecular formula is C11H12N2O2. The predicted molar refractivity (Wildman–Crippen MR) is 57.3 cm³/mol. The second-order valence-corrected chi connectivity index (χ2v) is 3.18. The van der Waals surface area contributed by atoms with Crippen LogP contribution in [0.3, 0.4) is 0 Å². The van der Waals surface area contributed by atoms with Crippen molar-refractivity contribution in [1.82, 2.24) is 4.98 Å². The summed E-state index contributed by atoms with van der Waals surface area (Å²) in [5.41, 5.74) is 1.56. The van der Waals surface area contributed by atoms with E-state index >= 15 is 0 Å². The number of aromatic nitrogens is 1. The first-order chi connectivity index (χ1) is 7.31. The summed E-state index contributed by atoms with van der Waals surface area (Å²) in [5.74, 6) is 0.546. The smallest absolute Gasteiger partial charge is 0.335 e. The largest absolute Gasteiger partial charge is 0.463 e. The minimum Gasteiger partial charge on any atom is -0.463 e. The van der Waals surface area contributed by atoms with E-state index in [0.717, 1.165) is 11.4 Å². The van der Waals surface area contributed by atoms with Crippen LogP contribution >= 0.6 is 0 Å². The maximum Gasteiger partial charge on any atom is 0.335 e. The van der Waals surface area contributed by atoms with Crippen LogP contribution in [0.15, 0.2) is 23.9 Å². The Hall–Kier alpha value is -1.84. The van der Waals surface area contributed by atoms with E-state index < -0.39 is 0 Å². The topological polar surface area (TPSA) is 51.2 Å². The second kappa shape index (κ2) is 4.13. The van der Waals surface area contributed by atoms with Crippen LogP contribution in [0.1, 0.15) is 12.5 Å². The standard InChI is InChI=1S/C11H12N2O2/c1-2-15-11(14)9-6-8-4-3-5-12-10(8)13-7-9/h3-6H,2,7H2,1H3,(H,12,13). The summed E-state index contributed by atoms with van der Waals surface area (Å²) in [6.45, 7) is 2.67. The van der Waals surface area contributed by atoms with E-state index in [-0.39, 0.29) is 5.97 Å². The number of hydrogen-bond acceptors (Lipinski definition) is 4. The third kappa shape index (κ3) is 1.98. The van der Waals surface area contributed by atoms with Crippen molar-refractivity contribution >= 4 is 17.9 Å². The number of fused-ring (bicyclic) bond motifs is 1. The molecule has 0 saturated carbocycles. The summed E-state index contributed by atoms with van der Waals surface area (Å²) in [7, 11) is 0. The highest BCUT2D eigenvalue weighted by Gasteiger charge is 2.16. The molecular weight excluding hydrogens is 192 g/mol. The number of pyridine rings is 1. The van der Waals surface area contributed by atoms with E-state index in [9.17, 15) is 4.79 Å². The molecule has 1 aliphatic heterocycles. The van der Waals surface area contributed by atoms with Gasteiger partial charge in [0.25, 0.3) is 0 Å². The van der Waals surface area contributed by atoms with Gasteiger partial charge in [0.2, 0.25) is 0 Å². The molecule has 1 aromatic heterocycles. The molecule has 4 nitrogen and oxygen atoms in total. The maximum atomic E-state index is 11.5. The molecule has 0 spiro atoms. The van der Waals surface area contributed by atoms with Crippen LogP contribution in [0.2, 0.25) is 0 Å². The Bertz CT molecular complexity index is 413. The molecule has 0 unspecified atom stereocenters. The van der Waals surface area contributed by atoms with Gasteiger partial charge in [-0.15, -0.1) is 0 Å². The lowest BCUT2D eigenvalue weighted by atomic mass is 10.1. The first-order valence-corrected chi connectivity index (χ1v) is 4.88. The van der Waals surface area contributed by atoms with Gasteiger partial charge in [-0.05, 0) is 25.1 Å². The molecule has 1 aromatic rings. The third-order valence-corrected chi connectivity index (χ3v) is 2.15. The maximum absolute atomic E-state index is 11.5. The lowest BCUT2D eigenvalue weighted by Crippen LogP contribution is -2.19. The number of anilines is 1. The highest BCUT2D eigenvalue weighted by molar-refractivity contribution is 5.96. The Morgan fingerprint density at radius 2 is 2.53 bits per heavy atom. The molecule has 0 aliphatic carbocycles. The number of carbonyl (C=O) groups excluding carboxylic acids is 1. The number of hydrogen-bond donors (Lipinski definition) is 1. The molecule has 0 atom stereocenters. The van der Waals surface area contributed by atoms with E-state index in [2.05, 4.69) is 10.3 Å². The molecule has 1 aliphatic rings. The zero-order valence-electron chi connectivity index (χ0n) is 8.49. The van der Waals surface area contributed by atoms with E-state index in [1.807, 2.05) is 18.2 Å². The van der Waals surface area contributed by atoms with Crippen LogP contribution in [0.5, 0.6) is 0 Å². The number of nitrogens with one attached hydrogen (secondary N) is 1. The summed E-state index contributed by atoms with van der Waals surface area (Å²) in [6, 6.07) is 3.75. The molecule has 15 heavy (non-hydrogen) atoms. The van der Waals surface area contributed by atoms with Gasteiger partial charge in [0.05, 0.1) is 12.2 Å². The molecule has 2 rings (SSSR count). The second-order valence-electron chi connectivity index (χ2n) is 3.18. The molecule has 78 valence electrons. The summed E-state index contributed by atoms with van der Waals surface area (Å²) in [5, 5.41) is 3.07. The van der Waals surface area contributed by atoms with Crippen molar-refractivity contribution < 1.29 is 9.53 Å². The molecule has 1 N–H and O–H groups in total. The molecule has 0 aromatic carbocycles. The Balaban J connectivity index is 2.25. The fourth-order valence-corrected chi connectivity index (χ4v) is 1.45. The van der Waals surface area contributed by atoms with E-state index in [4.69, 9.17) is 4.74 Å². The quantitative estimate of drug-likeness (QED) is 0.741. The van der Waals surface area contributed by atoms with Gasteiger partial charge in [0.1, 0.15) is 5.82 Å². The Kier molecular flexibility index (Phi) is 2.67. The first-order valence-electron chi connectivity index (χ1n) is 4.88. The molecule has 0 radical (unpaired) electrons. The van der Waals surface area contributed by atoms with Crippen molar-refractivity contribution in [3.63, 3.8) is 0 Å². The summed E-state index contributed by atoms with van der Waals surface area (Å²) >= 11 is 0. The minimum atomic E-state index is -0.264. The Labute approximate surface area is 88.0 Å². The predicted octanol–water partition coefficient (Wildman–Crippen LogP) is 1.45. The lowest BCUT2D eigenvalue weighted by Gasteiger charge is -2.16. The number of rotatable bonds is 2. The normalized spacial score (nSPS) is 13.5. The van der Waals surface area contributed by atoms with Crippen LogP contribution in [0, 0.1) is 0 Å². The Morgan fingerprint density at radius 1 is 1.67 bits per heavy atom. The van der Waals surface area contributed by atoms with Crippen molar-refractivity contribution in [2.45, 2.75) is 6.92 Å². The van der Waals surface area contributed by atoms with E-state index in [1.54, 1.807) is 13.1 Å². The van der Waals surface area contributed by atoms with Gasteiger partial charge in [0.15, 0.2) is 0 Å². The monoisotopic (exact) mass is 204 g/mol. The van der Waals surface area contributed by atoms with Crippen LogP contribution in [0.25, 0.3) is 6.08 Å².